The summed E-state index contributed by atoms with van der Waals surface area (Å²) in [5.74, 6) is -0.136. The molecule has 2 aliphatic rings. The van der Waals surface area contributed by atoms with E-state index in [1.807, 2.05) is 6.92 Å². The second kappa shape index (κ2) is 3.24. The molecule has 0 aromatic rings. The maximum atomic E-state index is 11.3. The van der Waals surface area contributed by atoms with Crippen LogP contribution in [0.25, 0.3) is 0 Å². The topological polar surface area (TPSA) is 58.6 Å². The normalized spacial score (nSPS) is 32.5. The van der Waals surface area contributed by atoms with Gasteiger partial charge in [0.2, 0.25) is 5.91 Å². The zero-order valence-corrected chi connectivity index (χ0v) is 8.21. The van der Waals surface area contributed by atoms with Crippen LogP contribution in [0.2, 0.25) is 0 Å². The van der Waals surface area contributed by atoms with E-state index >= 15 is 0 Å². The minimum Gasteiger partial charge on any atom is -0.381 e. The molecule has 0 saturated carbocycles. The van der Waals surface area contributed by atoms with Crippen molar-refractivity contribution in [2.24, 2.45) is 5.41 Å². The van der Waals surface area contributed by atoms with Crippen molar-refractivity contribution in [3.05, 3.63) is 0 Å². The van der Waals surface area contributed by atoms with E-state index in [-0.39, 0.29) is 23.9 Å². The second-order valence-electron chi connectivity index (χ2n) is 4.25. The molecule has 1 unspecified atom stereocenters. The molecule has 0 aromatic carbocycles. The van der Waals surface area contributed by atoms with Gasteiger partial charge in [-0.3, -0.25) is 9.69 Å². The van der Waals surface area contributed by atoms with Crippen LogP contribution in [0.15, 0.2) is 0 Å². The van der Waals surface area contributed by atoms with Crippen LogP contribution in [0, 0.1) is 5.41 Å². The number of hydrogen-bond donors (Lipinski definition) is 1. The van der Waals surface area contributed by atoms with Gasteiger partial charge in [-0.1, -0.05) is 6.92 Å². The van der Waals surface area contributed by atoms with Crippen LogP contribution >= 0.6 is 0 Å². The van der Waals surface area contributed by atoms with Crippen LogP contribution in [0.1, 0.15) is 13.3 Å². The predicted octanol–water partition coefficient (Wildman–Crippen LogP) is -0.0352. The number of urea groups is 1. The lowest BCUT2D eigenvalue weighted by molar-refractivity contribution is -0.126. The van der Waals surface area contributed by atoms with E-state index in [1.165, 1.54) is 4.90 Å². The molecular formula is C9H14N2O3. The summed E-state index contributed by atoms with van der Waals surface area (Å²) in [6.07, 6.45) is 0.907. The van der Waals surface area contributed by atoms with Gasteiger partial charge in [-0.15, -0.1) is 0 Å². The van der Waals surface area contributed by atoms with E-state index in [9.17, 15) is 9.59 Å². The van der Waals surface area contributed by atoms with Gasteiger partial charge in [0.15, 0.2) is 0 Å². The average Bonchev–Trinajstić information content (AvgIpc) is 2.68. The molecule has 5 heteroatoms. The van der Waals surface area contributed by atoms with Crippen molar-refractivity contribution in [3.63, 3.8) is 0 Å². The highest BCUT2D eigenvalue weighted by molar-refractivity contribution is 6.01. The summed E-state index contributed by atoms with van der Waals surface area (Å²) in [5.41, 5.74) is -0.0582. The van der Waals surface area contributed by atoms with Gasteiger partial charge in [-0.05, 0) is 6.42 Å². The molecule has 2 rings (SSSR count). The summed E-state index contributed by atoms with van der Waals surface area (Å²) < 4.78 is 5.27. The first-order chi connectivity index (χ1) is 6.61. The molecule has 2 aliphatic heterocycles. The van der Waals surface area contributed by atoms with E-state index < -0.39 is 0 Å². The number of carbonyl (C=O) groups excluding carboxylic acids is 2. The quantitative estimate of drug-likeness (QED) is 0.634. The molecule has 78 valence electrons. The molecule has 14 heavy (non-hydrogen) atoms. The Balaban J connectivity index is 2.02. The highest BCUT2D eigenvalue weighted by Gasteiger charge is 2.38. The number of nitrogens with one attached hydrogen (secondary N) is 1. The van der Waals surface area contributed by atoms with Crippen LogP contribution in [-0.4, -0.2) is 43.1 Å². The molecule has 0 bridgehead atoms. The molecule has 0 aromatic heterocycles. The maximum absolute atomic E-state index is 11.3. The smallest absolute Gasteiger partial charge is 0.324 e. The molecule has 1 atom stereocenters. The third kappa shape index (κ3) is 1.59. The molecule has 3 amide bonds. The summed E-state index contributed by atoms with van der Waals surface area (Å²) in [5, 5.41) is 2.51. The summed E-state index contributed by atoms with van der Waals surface area (Å²) in [4.78, 5) is 23.9. The first kappa shape index (κ1) is 9.45. The van der Waals surface area contributed by atoms with Crippen molar-refractivity contribution in [2.45, 2.75) is 13.3 Å². The third-order valence-corrected chi connectivity index (χ3v) is 2.78. The van der Waals surface area contributed by atoms with Crippen molar-refractivity contribution in [1.82, 2.24) is 10.2 Å². The third-order valence-electron chi connectivity index (χ3n) is 2.78. The van der Waals surface area contributed by atoms with Gasteiger partial charge in [0.1, 0.15) is 0 Å². The summed E-state index contributed by atoms with van der Waals surface area (Å²) in [7, 11) is 0. The Bertz CT molecular complexity index is 255. The molecular weight excluding hydrogens is 184 g/mol. The van der Waals surface area contributed by atoms with Crippen molar-refractivity contribution in [3.8, 4) is 0 Å². The second-order valence-corrected chi connectivity index (χ2v) is 4.25. The zero-order valence-electron chi connectivity index (χ0n) is 8.21. The first-order valence-electron chi connectivity index (χ1n) is 4.77. The van der Waals surface area contributed by atoms with Crippen molar-refractivity contribution in [2.75, 3.05) is 26.3 Å². The Morgan fingerprint density at radius 2 is 2.36 bits per heavy atom. The lowest BCUT2D eigenvalue weighted by atomic mass is 9.89. The molecule has 0 spiro atoms. The number of hydrogen-bond acceptors (Lipinski definition) is 3. The number of ether oxygens (including phenoxy) is 1. The maximum Gasteiger partial charge on any atom is 0.324 e. The number of nitrogens with zero attached hydrogens (tertiary/aromatic N) is 1. The van der Waals surface area contributed by atoms with Crippen molar-refractivity contribution < 1.29 is 14.3 Å². The standard InChI is InChI=1S/C9H14N2O3/c1-9(2-3-14-6-9)5-11-7(12)4-10-8(11)13/h2-6H2,1H3,(H,10,13). The lowest BCUT2D eigenvalue weighted by Gasteiger charge is -2.26. The summed E-state index contributed by atoms with van der Waals surface area (Å²) >= 11 is 0. The predicted molar refractivity (Wildman–Crippen MR) is 48.7 cm³/mol. The highest BCUT2D eigenvalue weighted by Crippen LogP contribution is 2.29. The fraction of sp³-hybridized carbons (Fsp3) is 0.778. The largest absolute Gasteiger partial charge is 0.381 e. The zero-order chi connectivity index (χ0) is 10.2. The lowest BCUT2D eigenvalue weighted by Crippen LogP contribution is -2.40. The summed E-state index contributed by atoms with van der Waals surface area (Å²) in [6, 6.07) is -0.275. The number of carbonyl (C=O) groups is 2. The summed E-state index contributed by atoms with van der Waals surface area (Å²) in [6.45, 7) is 4.00. The van der Waals surface area contributed by atoms with Gasteiger partial charge in [-0.2, -0.15) is 0 Å². The molecule has 1 N–H and O–H groups in total. The molecule has 5 nitrogen and oxygen atoms in total. The number of rotatable bonds is 2. The van der Waals surface area contributed by atoms with Gasteiger partial charge in [0.05, 0.1) is 13.2 Å². The highest BCUT2D eigenvalue weighted by atomic mass is 16.5. The monoisotopic (exact) mass is 198 g/mol. The van der Waals surface area contributed by atoms with E-state index in [1.54, 1.807) is 0 Å². The Morgan fingerprint density at radius 1 is 1.57 bits per heavy atom. The SMILES string of the molecule is CC1(CN2C(=O)CNC2=O)CCOC1. The van der Waals surface area contributed by atoms with Crippen LogP contribution in [0.4, 0.5) is 4.79 Å². The first-order valence-corrected chi connectivity index (χ1v) is 4.77. The van der Waals surface area contributed by atoms with E-state index in [0.717, 1.165) is 13.0 Å². The Labute approximate surface area is 82.4 Å². The molecule has 0 radical (unpaired) electrons. The van der Waals surface area contributed by atoms with Gasteiger partial charge in [-0.25, -0.2) is 4.79 Å². The van der Waals surface area contributed by atoms with E-state index in [4.69, 9.17) is 4.74 Å². The molecule has 2 heterocycles. The van der Waals surface area contributed by atoms with Gasteiger partial charge < -0.3 is 10.1 Å². The molecule has 2 saturated heterocycles. The number of amides is 3. The minimum absolute atomic E-state index is 0.0582. The van der Waals surface area contributed by atoms with Crippen LogP contribution in [0.5, 0.6) is 0 Å². The van der Waals surface area contributed by atoms with Crippen molar-refractivity contribution in [1.29, 1.82) is 0 Å². The van der Waals surface area contributed by atoms with Crippen LogP contribution < -0.4 is 5.32 Å². The number of imide groups is 1. The Kier molecular flexibility index (Phi) is 2.19. The van der Waals surface area contributed by atoms with Crippen LogP contribution in [-0.2, 0) is 9.53 Å². The Hall–Kier alpha value is -1.10. The van der Waals surface area contributed by atoms with Crippen LogP contribution in [0.3, 0.4) is 0 Å². The van der Waals surface area contributed by atoms with Crippen molar-refractivity contribution >= 4 is 11.9 Å². The van der Waals surface area contributed by atoms with Gasteiger partial charge in [0.25, 0.3) is 0 Å². The Morgan fingerprint density at radius 3 is 2.86 bits per heavy atom. The van der Waals surface area contributed by atoms with Gasteiger partial charge >= 0.3 is 6.03 Å². The van der Waals surface area contributed by atoms with E-state index in [2.05, 4.69) is 5.32 Å². The fourth-order valence-electron chi connectivity index (χ4n) is 1.83. The molecule has 0 aliphatic carbocycles. The van der Waals surface area contributed by atoms with Gasteiger partial charge in [0, 0.05) is 18.6 Å². The fourth-order valence-corrected chi connectivity index (χ4v) is 1.83. The average molecular weight is 198 g/mol. The minimum atomic E-state index is -0.275. The van der Waals surface area contributed by atoms with E-state index in [0.29, 0.717) is 13.2 Å². The molecule has 2 fully saturated rings.